The number of benzene rings is 3. The molecule has 99 heavy (non-hydrogen) atoms. The highest BCUT2D eigenvalue weighted by Crippen LogP contribution is 2.31. The number of nitrogens with zero attached hydrogens (tertiary/aromatic N) is 9. The lowest BCUT2D eigenvalue weighted by Gasteiger charge is -2.38. The molecule has 0 aliphatic carbocycles. The molecular weight excluding hydrogens is 1310 g/mol. The SMILES string of the molecule is CC[C@H](C)[C@@H]1NC(=O)[C@H](C)N(C)C(=O)C[C@@H](C(=O)N2CCCC2)NC(=O)[C@H](CC(C)C)N(C)C(=O)[C@H](Cc2ccccc2)N(C)C(=O)[C@@H]2CCCN2C(=O)[C@H](CCc2ccc(C(F)(F)F)cc2F)NC(=O)CN(C)C(=O)[C@H](Cc2ccc(Cl)cc2)N(C)C(=O)CN(C)C(=O)CN(C)C1=O. The van der Waals surface area contributed by atoms with Crippen LogP contribution in [0.15, 0.2) is 72.8 Å². The molecular formula is C70H95ClF4N12O12. The molecule has 0 radical (unpaired) electrons. The summed E-state index contributed by atoms with van der Waals surface area (Å²) >= 11 is 6.21. The van der Waals surface area contributed by atoms with Gasteiger partial charge < -0.3 is 60.0 Å². The number of alkyl halides is 3. The summed E-state index contributed by atoms with van der Waals surface area (Å²) in [6.07, 6.45) is -4.66. The van der Waals surface area contributed by atoms with Gasteiger partial charge in [0.15, 0.2) is 0 Å². The third-order valence-corrected chi connectivity index (χ3v) is 19.3. The van der Waals surface area contributed by atoms with Crippen LogP contribution in [0.3, 0.4) is 0 Å². The summed E-state index contributed by atoms with van der Waals surface area (Å²) in [6, 6.07) is 5.90. The van der Waals surface area contributed by atoms with Crippen LogP contribution in [0.25, 0.3) is 0 Å². The Balaban J connectivity index is 1.43. The minimum Gasteiger partial charge on any atom is -0.343 e. The fourth-order valence-electron chi connectivity index (χ4n) is 12.4. The largest absolute Gasteiger partial charge is 0.416 e. The Hall–Kier alpha value is -8.69. The van der Waals surface area contributed by atoms with Gasteiger partial charge in [0.05, 0.1) is 31.6 Å². The molecule has 6 rings (SSSR count). The van der Waals surface area contributed by atoms with Gasteiger partial charge in [0.1, 0.15) is 54.2 Å². The zero-order chi connectivity index (χ0) is 73.5. The molecule has 3 aromatic carbocycles. The van der Waals surface area contributed by atoms with Crippen LogP contribution in [-0.2, 0) is 83.0 Å². The maximum atomic E-state index is 15.6. The number of likely N-dealkylation sites (tertiary alicyclic amines) is 1. The monoisotopic (exact) mass is 1410 g/mol. The number of amides is 12. The van der Waals surface area contributed by atoms with Crippen LogP contribution in [0.1, 0.15) is 108 Å². The standard InChI is InChI=1S/C70H95ClF4N12O12/c1-13-43(4)61-69(99)81(8)40-59(90)79(6)41-60(91)83(10)55(36-46-23-28-49(71)29-24-46)66(96)80(7)39-57(88)76-51(30-26-47-25-27-48(37-50(47)72)70(73,74)75)65(95)87-33-19-22-53(87)67(97)85(12)56(35-45-20-15-14-16-21-45)68(98)84(11)54(34-42(2)3)63(93)77-52(64(94)86-31-17-18-32-86)38-58(89)82(9)44(5)62(92)78-61/h14-16,20-21,23-25,27-29,37,42-44,51-56,61H,13,17-19,22,26,30-36,38-41H2,1-12H3,(H,76,88)(H,77,93)(H,78,92)/t43-,44-,51-,52-,53-,54-,55-,56-,61-/m0/s1. The molecule has 9 atom stereocenters. The Morgan fingerprint density at radius 2 is 1.19 bits per heavy atom. The first-order valence-electron chi connectivity index (χ1n) is 33.5. The minimum atomic E-state index is -4.89. The van der Waals surface area contributed by atoms with E-state index in [1.165, 1.54) is 75.9 Å². The van der Waals surface area contributed by atoms with Gasteiger partial charge in [-0.15, -0.1) is 0 Å². The van der Waals surface area contributed by atoms with Gasteiger partial charge in [0.2, 0.25) is 70.9 Å². The van der Waals surface area contributed by atoms with Crippen molar-refractivity contribution in [1.29, 1.82) is 0 Å². The van der Waals surface area contributed by atoms with Crippen molar-refractivity contribution in [3.8, 4) is 0 Å². The second-order valence-electron chi connectivity index (χ2n) is 26.7. The third-order valence-electron chi connectivity index (χ3n) is 19.1. The smallest absolute Gasteiger partial charge is 0.343 e. The van der Waals surface area contributed by atoms with E-state index in [1.54, 1.807) is 68.4 Å². The fourth-order valence-corrected chi connectivity index (χ4v) is 12.5. The number of nitrogens with one attached hydrogen (secondary N) is 3. The van der Waals surface area contributed by atoms with Gasteiger partial charge in [-0.2, -0.15) is 13.2 Å². The molecule has 0 saturated carbocycles. The number of likely N-dealkylation sites (N-methyl/N-ethyl adjacent to an activating group) is 7. The lowest BCUT2D eigenvalue weighted by Crippen LogP contribution is -2.60. The van der Waals surface area contributed by atoms with E-state index in [9.17, 15) is 51.5 Å². The number of carbonyl (C=O) groups is 12. The van der Waals surface area contributed by atoms with E-state index in [0.717, 1.165) is 30.6 Å². The number of hydrogen-bond acceptors (Lipinski definition) is 12. The summed E-state index contributed by atoms with van der Waals surface area (Å²) in [7, 11) is 9.29. The van der Waals surface area contributed by atoms with Gasteiger partial charge in [-0.3, -0.25) is 57.5 Å². The van der Waals surface area contributed by atoms with Crippen molar-refractivity contribution >= 4 is 82.5 Å². The molecule has 3 heterocycles. The number of rotatable bonds is 12. The molecule has 12 amide bonds. The summed E-state index contributed by atoms with van der Waals surface area (Å²) in [5.74, 6) is -11.2. The van der Waals surface area contributed by atoms with Crippen LogP contribution >= 0.6 is 11.6 Å². The van der Waals surface area contributed by atoms with E-state index in [4.69, 9.17) is 11.6 Å². The van der Waals surface area contributed by atoms with Crippen LogP contribution in [0.2, 0.25) is 5.02 Å². The molecule has 3 N–H and O–H groups in total. The summed E-state index contributed by atoms with van der Waals surface area (Å²) in [5.41, 5.74) is -0.392. The Bertz CT molecular complexity index is 3420. The molecule has 3 fully saturated rings. The summed E-state index contributed by atoms with van der Waals surface area (Å²) in [6.45, 7) is 7.13. The van der Waals surface area contributed by atoms with E-state index in [-0.39, 0.29) is 50.1 Å². The Morgan fingerprint density at radius 3 is 1.79 bits per heavy atom. The lowest BCUT2D eigenvalue weighted by molar-refractivity contribution is -0.152. The first kappa shape index (κ1) is 79.3. The van der Waals surface area contributed by atoms with Gasteiger partial charge in [-0.25, -0.2) is 4.39 Å². The van der Waals surface area contributed by atoms with Crippen molar-refractivity contribution < 1.29 is 75.1 Å². The molecule has 29 heteroatoms. The molecule has 24 nitrogen and oxygen atoms in total. The first-order valence-corrected chi connectivity index (χ1v) is 33.8. The van der Waals surface area contributed by atoms with E-state index in [1.807, 2.05) is 13.8 Å². The van der Waals surface area contributed by atoms with Gasteiger partial charge in [0.25, 0.3) is 0 Å². The maximum absolute atomic E-state index is 15.6. The van der Waals surface area contributed by atoms with Gasteiger partial charge >= 0.3 is 6.18 Å². The molecule has 3 aromatic rings. The van der Waals surface area contributed by atoms with Crippen LogP contribution in [-0.4, -0.2) is 252 Å². The van der Waals surface area contributed by atoms with Crippen molar-refractivity contribution in [2.75, 3.05) is 88.6 Å². The van der Waals surface area contributed by atoms with Gasteiger partial charge in [-0.05, 0) is 105 Å². The van der Waals surface area contributed by atoms with Crippen molar-refractivity contribution in [2.24, 2.45) is 11.8 Å². The Morgan fingerprint density at radius 1 is 0.606 bits per heavy atom. The summed E-state index contributed by atoms with van der Waals surface area (Å²) in [4.78, 5) is 186. The van der Waals surface area contributed by atoms with E-state index < -0.39 is 182 Å². The molecule has 3 aliphatic rings. The topological polar surface area (TPSA) is 270 Å². The van der Waals surface area contributed by atoms with Crippen molar-refractivity contribution in [3.05, 3.63) is 106 Å². The molecule has 0 spiro atoms. The average molecular weight is 1410 g/mol. The molecule has 3 aliphatic heterocycles. The van der Waals surface area contributed by atoms with Crippen molar-refractivity contribution in [2.45, 2.75) is 160 Å². The van der Waals surface area contributed by atoms with E-state index in [0.29, 0.717) is 60.6 Å². The van der Waals surface area contributed by atoms with Crippen molar-refractivity contribution in [1.82, 2.24) is 60.0 Å². The first-order chi connectivity index (χ1) is 46.5. The van der Waals surface area contributed by atoms with Crippen LogP contribution < -0.4 is 16.0 Å². The highest BCUT2D eigenvalue weighted by atomic mass is 35.5. The fraction of sp³-hybridized carbons (Fsp3) is 0.571. The molecule has 0 unspecified atom stereocenters. The number of carbonyl (C=O) groups excluding carboxylic acids is 12. The van der Waals surface area contributed by atoms with E-state index >= 15 is 23.6 Å². The van der Waals surface area contributed by atoms with Gasteiger partial charge in [-0.1, -0.05) is 94.2 Å². The molecule has 542 valence electrons. The Kier molecular flexibility index (Phi) is 28.3. The van der Waals surface area contributed by atoms with Crippen LogP contribution in [0, 0.1) is 17.7 Å². The number of halogens is 5. The van der Waals surface area contributed by atoms with Crippen LogP contribution in [0.4, 0.5) is 17.6 Å². The van der Waals surface area contributed by atoms with Gasteiger partial charge in [0, 0.05) is 86.8 Å². The highest BCUT2D eigenvalue weighted by molar-refractivity contribution is 6.30. The molecule has 0 bridgehead atoms. The predicted molar refractivity (Wildman–Crippen MR) is 360 cm³/mol. The minimum absolute atomic E-state index is 0.0225. The number of fused-ring (bicyclic) bond motifs is 1. The van der Waals surface area contributed by atoms with Crippen LogP contribution in [0.5, 0.6) is 0 Å². The normalized spacial score (nSPS) is 24.2. The summed E-state index contributed by atoms with van der Waals surface area (Å²) < 4.78 is 56.7. The van der Waals surface area contributed by atoms with Crippen molar-refractivity contribution in [3.63, 3.8) is 0 Å². The number of aryl methyl sites for hydroxylation is 1. The Labute approximate surface area is 581 Å². The second kappa shape index (κ2) is 35.4. The highest BCUT2D eigenvalue weighted by Gasteiger charge is 2.45. The number of hydrogen-bond donors (Lipinski definition) is 3. The van der Waals surface area contributed by atoms with E-state index in [2.05, 4.69) is 16.0 Å². The molecule has 3 saturated heterocycles. The lowest BCUT2D eigenvalue weighted by atomic mass is 9.97. The third kappa shape index (κ3) is 20.9. The molecule has 0 aromatic heterocycles. The zero-order valence-corrected chi connectivity index (χ0v) is 59.3. The average Bonchev–Trinajstić information content (AvgIpc) is 1.79. The second-order valence-corrected chi connectivity index (χ2v) is 27.2. The summed E-state index contributed by atoms with van der Waals surface area (Å²) in [5, 5.41) is 8.52. The quantitative estimate of drug-likeness (QED) is 0.216. The predicted octanol–water partition coefficient (Wildman–Crippen LogP) is 4.18. The zero-order valence-electron chi connectivity index (χ0n) is 58.5. The maximum Gasteiger partial charge on any atom is 0.416 e.